The first-order valence-corrected chi connectivity index (χ1v) is 6.75. The van der Waals surface area contributed by atoms with Crippen molar-refractivity contribution in [1.29, 1.82) is 5.26 Å². The lowest BCUT2D eigenvalue weighted by molar-refractivity contribution is 0.0997. The lowest BCUT2D eigenvalue weighted by Gasteiger charge is -2.05. The Morgan fingerprint density at radius 3 is 2.53 bits per heavy atom. The highest BCUT2D eigenvalue weighted by Gasteiger charge is 2.04. The zero-order valence-corrected chi connectivity index (χ0v) is 11.1. The number of benzene rings is 1. The van der Waals surface area contributed by atoms with Crippen molar-refractivity contribution in [3.05, 3.63) is 29.8 Å². The fourth-order valence-electron chi connectivity index (χ4n) is 1.32. The number of thioether (sulfide) groups is 1. The Bertz CT molecular complexity index is 403. The van der Waals surface area contributed by atoms with E-state index in [2.05, 4.69) is 13.8 Å². The van der Waals surface area contributed by atoms with Crippen LogP contribution in [0.3, 0.4) is 0 Å². The highest BCUT2D eigenvalue weighted by atomic mass is 32.2. The summed E-state index contributed by atoms with van der Waals surface area (Å²) in [6.07, 6.45) is 1.15. The quantitative estimate of drug-likeness (QED) is 0.565. The Balaban J connectivity index is 2.51. The SMILES string of the molecule is CC(C)CCSc1ccc(C(=O)CC#N)cc1. The number of hydrogen-bond acceptors (Lipinski definition) is 3. The molecular formula is C14H17NOS. The van der Waals surface area contributed by atoms with Crippen LogP contribution in [-0.2, 0) is 0 Å². The van der Waals surface area contributed by atoms with Crippen molar-refractivity contribution in [2.45, 2.75) is 31.6 Å². The molecular weight excluding hydrogens is 230 g/mol. The summed E-state index contributed by atoms with van der Waals surface area (Å²) >= 11 is 1.81. The summed E-state index contributed by atoms with van der Waals surface area (Å²) in [7, 11) is 0. The largest absolute Gasteiger partial charge is 0.293 e. The second-order valence-corrected chi connectivity index (χ2v) is 5.48. The van der Waals surface area contributed by atoms with Crippen LogP contribution in [0.5, 0.6) is 0 Å². The molecule has 17 heavy (non-hydrogen) atoms. The third-order valence-electron chi connectivity index (χ3n) is 2.38. The van der Waals surface area contributed by atoms with Gasteiger partial charge in [0, 0.05) is 10.5 Å². The first-order valence-electron chi connectivity index (χ1n) is 5.76. The van der Waals surface area contributed by atoms with Gasteiger partial charge in [0.25, 0.3) is 0 Å². The minimum Gasteiger partial charge on any atom is -0.293 e. The van der Waals surface area contributed by atoms with Crippen LogP contribution in [0.1, 0.15) is 37.0 Å². The molecule has 0 aliphatic rings. The minimum absolute atomic E-state index is 0.0418. The molecule has 0 fully saturated rings. The molecule has 0 aliphatic carbocycles. The van der Waals surface area contributed by atoms with Gasteiger partial charge in [-0.15, -0.1) is 11.8 Å². The van der Waals surface area contributed by atoms with Crippen molar-refractivity contribution >= 4 is 17.5 Å². The molecule has 1 rings (SSSR count). The molecule has 1 aromatic rings. The van der Waals surface area contributed by atoms with Crippen molar-refractivity contribution in [3.8, 4) is 6.07 Å². The average Bonchev–Trinajstić information content (AvgIpc) is 2.30. The molecule has 0 spiro atoms. The topological polar surface area (TPSA) is 40.9 Å². The van der Waals surface area contributed by atoms with Gasteiger partial charge in [0.05, 0.1) is 12.5 Å². The highest BCUT2D eigenvalue weighted by Crippen LogP contribution is 2.21. The van der Waals surface area contributed by atoms with Crippen molar-refractivity contribution in [3.63, 3.8) is 0 Å². The van der Waals surface area contributed by atoms with Crippen molar-refractivity contribution < 1.29 is 4.79 Å². The smallest absolute Gasteiger partial charge is 0.176 e. The molecule has 2 nitrogen and oxygen atoms in total. The lowest BCUT2D eigenvalue weighted by atomic mass is 10.1. The van der Waals surface area contributed by atoms with Crippen LogP contribution in [0.15, 0.2) is 29.2 Å². The minimum atomic E-state index is -0.105. The maximum Gasteiger partial charge on any atom is 0.176 e. The van der Waals surface area contributed by atoms with E-state index < -0.39 is 0 Å². The third kappa shape index (κ3) is 5.06. The predicted molar refractivity (Wildman–Crippen MR) is 71.2 cm³/mol. The number of rotatable bonds is 6. The molecule has 0 unspecified atom stereocenters. The molecule has 90 valence electrons. The Kier molecular flexibility index (Phi) is 5.79. The first kappa shape index (κ1) is 13.8. The van der Waals surface area contributed by atoms with E-state index in [4.69, 9.17) is 5.26 Å². The number of nitriles is 1. The molecule has 0 amide bonds. The fourth-order valence-corrected chi connectivity index (χ4v) is 2.48. The van der Waals surface area contributed by atoms with E-state index in [0.717, 1.165) is 11.7 Å². The molecule has 0 saturated heterocycles. The number of carbonyl (C=O) groups is 1. The second-order valence-electron chi connectivity index (χ2n) is 4.31. The Hall–Kier alpha value is -1.27. The summed E-state index contributed by atoms with van der Waals surface area (Å²) in [6, 6.07) is 9.39. The van der Waals surface area contributed by atoms with Crippen LogP contribution in [0, 0.1) is 17.2 Å². The third-order valence-corrected chi connectivity index (χ3v) is 3.43. The fraction of sp³-hybridized carbons (Fsp3) is 0.429. The van der Waals surface area contributed by atoms with Gasteiger partial charge in [-0.1, -0.05) is 26.0 Å². The van der Waals surface area contributed by atoms with Gasteiger partial charge in [-0.25, -0.2) is 0 Å². The van der Waals surface area contributed by atoms with E-state index in [1.54, 1.807) is 23.9 Å². The number of hydrogen-bond donors (Lipinski definition) is 0. The zero-order valence-electron chi connectivity index (χ0n) is 10.3. The van der Waals surface area contributed by atoms with Crippen LogP contribution in [0.2, 0.25) is 0 Å². The Labute approximate surface area is 107 Å². The van der Waals surface area contributed by atoms with E-state index in [0.29, 0.717) is 5.56 Å². The number of ketones is 1. The first-order chi connectivity index (χ1) is 8.13. The van der Waals surface area contributed by atoms with Gasteiger partial charge >= 0.3 is 0 Å². The Morgan fingerprint density at radius 2 is 2.00 bits per heavy atom. The standard InChI is InChI=1S/C14H17NOS/c1-11(2)8-10-17-13-5-3-12(4-6-13)14(16)7-9-15/h3-6,11H,7-8,10H2,1-2H3. The van der Waals surface area contributed by atoms with Gasteiger partial charge in [0.1, 0.15) is 0 Å². The highest BCUT2D eigenvalue weighted by molar-refractivity contribution is 7.99. The lowest BCUT2D eigenvalue weighted by Crippen LogP contribution is -1.96. The van der Waals surface area contributed by atoms with Crippen LogP contribution in [0.25, 0.3) is 0 Å². The number of Topliss-reactive ketones (excluding diaryl/α,β-unsaturated/α-hetero) is 1. The summed E-state index contributed by atoms with van der Waals surface area (Å²) in [4.78, 5) is 12.6. The molecule has 0 aromatic heterocycles. The van der Waals surface area contributed by atoms with E-state index in [1.165, 1.54) is 11.3 Å². The number of nitrogens with zero attached hydrogens (tertiary/aromatic N) is 1. The van der Waals surface area contributed by atoms with Crippen LogP contribution >= 0.6 is 11.8 Å². The van der Waals surface area contributed by atoms with E-state index in [-0.39, 0.29) is 12.2 Å². The molecule has 0 bridgehead atoms. The molecule has 0 aliphatic heterocycles. The van der Waals surface area contributed by atoms with Crippen molar-refractivity contribution in [2.75, 3.05) is 5.75 Å². The Morgan fingerprint density at radius 1 is 1.35 bits per heavy atom. The van der Waals surface area contributed by atoms with Crippen LogP contribution < -0.4 is 0 Å². The predicted octanol–water partition coefficient (Wildman–Crippen LogP) is 3.92. The summed E-state index contributed by atoms with van der Waals surface area (Å²) in [6.45, 7) is 4.43. The molecule has 1 aromatic carbocycles. The molecule has 0 saturated carbocycles. The maximum absolute atomic E-state index is 11.4. The van der Waals surface area contributed by atoms with Gasteiger partial charge < -0.3 is 0 Å². The van der Waals surface area contributed by atoms with E-state index >= 15 is 0 Å². The van der Waals surface area contributed by atoms with Crippen LogP contribution in [-0.4, -0.2) is 11.5 Å². The molecule has 0 heterocycles. The van der Waals surface area contributed by atoms with E-state index in [1.807, 2.05) is 18.2 Å². The monoisotopic (exact) mass is 247 g/mol. The number of carbonyl (C=O) groups excluding carboxylic acids is 1. The second kappa shape index (κ2) is 7.13. The van der Waals surface area contributed by atoms with Crippen molar-refractivity contribution in [1.82, 2.24) is 0 Å². The molecule has 0 atom stereocenters. The van der Waals surface area contributed by atoms with Gasteiger partial charge in [-0.3, -0.25) is 4.79 Å². The summed E-state index contributed by atoms with van der Waals surface area (Å²) in [5, 5.41) is 8.45. The molecule has 0 N–H and O–H groups in total. The summed E-state index contributed by atoms with van der Waals surface area (Å²) < 4.78 is 0. The van der Waals surface area contributed by atoms with Gasteiger partial charge in [-0.05, 0) is 30.2 Å². The maximum atomic E-state index is 11.4. The van der Waals surface area contributed by atoms with Gasteiger partial charge in [-0.2, -0.15) is 5.26 Å². The van der Waals surface area contributed by atoms with E-state index in [9.17, 15) is 4.79 Å². The molecule has 0 radical (unpaired) electrons. The van der Waals surface area contributed by atoms with Gasteiger partial charge in [0.15, 0.2) is 5.78 Å². The van der Waals surface area contributed by atoms with Gasteiger partial charge in [0.2, 0.25) is 0 Å². The molecule has 3 heteroatoms. The zero-order chi connectivity index (χ0) is 12.7. The summed E-state index contributed by atoms with van der Waals surface area (Å²) in [5.41, 5.74) is 0.625. The van der Waals surface area contributed by atoms with Crippen LogP contribution in [0.4, 0.5) is 0 Å². The average molecular weight is 247 g/mol. The summed E-state index contributed by atoms with van der Waals surface area (Å²) in [5.74, 6) is 1.72. The normalized spacial score (nSPS) is 10.2. The van der Waals surface area contributed by atoms with Crippen molar-refractivity contribution in [2.24, 2.45) is 5.92 Å².